The van der Waals surface area contributed by atoms with Crippen molar-refractivity contribution < 1.29 is 32.3 Å². The van der Waals surface area contributed by atoms with E-state index >= 15 is 0 Å². The number of hydrogen-bond acceptors (Lipinski definition) is 7. The maximum absolute atomic E-state index is 12.9. The first kappa shape index (κ1) is 21.8. The number of carbonyl (C=O) groups excluding carboxylic acids is 3. The second-order valence-corrected chi connectivity index (χ2v) is 8.25. The number of benzene rings is 1. The van der Waals surface area contributed by atoms with E-state index in [-0.39, 0.29) is 35.8 Å². The van der Waals surface area contributed by atoms with E-state index in [9.17, 15) is 22.8 Å². The molecule has 3 amide bonds. The average Bonchev–Trinajstić information content (AvgIpc) is 2.65. The molecular weight excluding hydrogens is 390 g/mol. The minimum Gasteiger partial charge on any atom is -0.452 e. The summed E-state index contributed by atoms with van der Waals surface area (Å²) < 4.78 is 37.5. The highest BCUT2D eigenvalue weighted by Gasteiger charge is 2.32. The van der Waals surface area contributed by atoms with Crippen molar-refractivity contribution in [1.29, 1.82) is 0 Å². The van der Waals surface area contributed by atoms with Gasteiger partial charge in [0.25, 0.3) is 5.91 Å². The van der Waals surface area contributed by atoms with E-state index in [1.165, 1.54) is 35.6 Å². The molecule has 2 rings (SSSR count). The van der Waals surface area contributed by atoms with Crippen molar-refractivity contribution in [1.82, 2.24) is 14.9 Å². The van der Waals surface area contributed by atoms with Gasteiger partial charge < -0.3 is 14.8 Å². The van der Waals surface area contributed by atoms with Crippen molar-refractivity contribution in [2.24, 2.45) is 0 Å². The van der Waals surface area contributed by atoms with Crippen LogP contribution in [0.5, 0.6) is 0 Å². The zero-order chi connectivity index (χ0) is 20.9. The van der Waals surface area contributed by atoms with Gasteiger partial charge in [0.15, 0.2) is 6.61 Å². The van der Waals surface area contributed by atoms with Gasteiger partial charge in [0, 0.05) is 20.1 Å². The zero-order valence-electron chi connectivity index (χ0n) is 15.8. The van der Waals surface area contributed by atoms with Crippen LogP contribution in [-0.2, 0) is 24.3 Å². The molecule has 1 aliphatic rings. The van der Waals surface area contributed by atoms with Gasteiger partial charge in [0.05, 0.1) is 22.7 Å². The minimum atomic E-state index is -3.82. The van der Waals surface area contributed by atoms with Crippen molar-refractivity contribution in [3.63, 3.8) is 0 Å². The molecule has 1 saturated heterocycles. The number of esters is 1. The van der Waals surface area contributed by atoms with E-state index in [4.69, 9.17) is 9.47 Å². The molecular formula is C17H23N3O7S. The average molecular weight is 413 g/mol. The monoisotopic (exact) mass is 413 g/mol. The number of rotatable bonds is 5. The third-order valence-corrected chi connectivity index (χ3v) is 5.74. The van der Waals surface area contributed by atoms with E-state index in [1.807, 2.05) is 5.32 Å². The molecule has 0 saturated carbocycles. The smallest absolute Gasteiger partial charge is 0.338 e. The molecule has 2 N–H and O–H groups in total. The Labute approximate surface area is 163 Å². The summed E-state index contributed by atoms with van der Waals surface area (Å²) in [6.07, 6.45) is -0.490. The summed E-state index contributed by atoms with van der Waals surface area (Å²) in [5.41, 5.74) is -0.0248. The fourth-order valence-corrected chi connectivity index (χ4v) is 4.34. The zero-order valence-corrected chi connectivity index (χ0v) is 16.6. The molecule has 0 radical (unpaired) electrons. The van der Waals surface area contributed by atoms with Gasteiger partial charge >= 0.3 is 12.0 Å². The van der Waals surface area contributed by atoms with Crippen LogP contribution in [0, 0.1) is 0 Å². The van der Waals surface area contributed by atoms with Gasteiger partial charge in [-0.3, -0.25) is 10.1 Å². The first-order chi connectivity index (χ1) is 13.1. The Morgan fingerprint density at radius 2 is 1.86 bits per heavy atom. The minimum absolute atomic E-state index is 0.0248. The summed E-state index contributed by atoms with van der Waals surface area (Å²) in [4.78, 5) is 34.6. The lowest BCUT2D eigenvalue weighted by Gasteiger charge is -2.34. The Balaban J connectivity index is 2.09. The fourth-order valence-electron chi connectivity index (χ4n) is 2.70. The predicted molar refractivity (Wildman–Crippen MR) is 98.1 cm³/mol. The van der Waals surface area contributed by atoms with Crippen LogP contribution in [0.25, 0.3) is 0 Å². The topological polar surface area (TPSA) is 131 Å². The number of ether oxygens (including phenoxy) is 2. The lowest BCUT2D eigenvalue weighted by Crippen LogP contribution is -2.48. The maximum Gasteiger partial charge on any atom is 0.338 e. The molecule has 11 heteroatoms. The lowest BCUT2D eigenvalue weighted by atomic mass is 10.2. The van der Waals surface area contributed by atoms with Crippen molar-refractivity contribution in [2.75, 3.05) is 26.7 Å². The van der Waals surface area contributed by atoms with Gasteiger partial charge in [-0.15, -0.1) is 0 Å². The van der Waals surface area contributed by atoms with Crippen molar-refractivity contribution in [3.05, 3.63) is 29.8 Å². The number of hydrogen-bond donors (Lipinski definition) is 2. The Kier molecular flexibility index (Phi) is 7.11. The van der Waals surface area contributed by atoms with Crippen molar-refractivity contribution in [2.45, 2.75) is 31.0 Å². The molecule has 2 atom stereocenters. The predicted octanol–water partition coefficient (Wildman–Crippen LogP) is 0.0969. The molecule has 2 unspecified atom stereocenters. The molecule has 154 valence electrons. The summed E-state index contributed by atoms with van der Waals surface area (Å²) in [7, 11) is -2.49. The number of nitrogens with zero attached hydrogens (tertiary/aromatic N) is 1. The van der Waals surface area contributed by atoms with Crippen molar-refractivity contribution in [3.8, 4) is 0 Å². The van der Waals surface area contributed by atoms with Gasteiger partial charge in [-0.05, 0) is 32.0 Å². The molecule has 1 aromatic carbocycles. The molecule has 10 nitrogen and oxygen atoms in total. The van der Waals surface area contributed by atoms with Crippen LogP contribution >= 0.6 is 0 Å². The standard InChI is InChI=1S/C17H23N3O7S/c1-11-8-20(9-12(2)27-11)28(24,25)14-6-4-5-13(7-14)16(22)26-10-15(21)19-17(23)18-3/h4-7,11-12H,8-10H2,1-3H3,(H2,18,19,21,23). The SMILES string of the molecule is CNC(=O)NC(=O)COC(=O)c1cccc(S(=O)(=O)N2CC(C)OC(C)C2)c1. The summed E-state index contributed by atoms with van der Waals surface area (Å²) >= 11 is 0. The molecule has 0 aromatic heterocycles. The number of nitrogens with one attached hydrogen (secondary N) is 2. The summed E-state index contributed by atoms with van der Waals surface area (Å²) in [6, 6.07) is 4.64. The second kappa shape index (κ2) is 9.13. The molecule has 28 heavy (non-hydrogen) atoms. The van der Waals surface area contributed by atoms with E-state index in [2.05, 4.69) is 5.32 Å². The molecule has 1 aliphatic heterocycles. The summed E-state index contributed by atoms with van der Waals surface area (Å²) in [6.45, 7) is 3.31. The highest BCUT2D eigenvalue weighted by atomic mass is 32.2. The number of imide groups is 1. The van der Waals surface area contributed by atoms with Crippen LogP contribution in [0.3, 0.4) is 0 Å². The van der Waals surface area contributed by atoms with Crippen LogP contribution in [0.4, 0.5) is 4.79 Å². The van der Waals surface area contributed by atoms with Gasteiger partial charge in [0.1, 0.15) is 0 Å². The highest BCUT2D eigenvalue weighted by Crippen LogP contribution is 2.22. The lowest BCUT2D eigenvalue weighted by molar-refractivity contribution is -0.123. The van der Waals surface area contributed by atoms with Crippen LogP contribution in [0.15, 0.2) is 29.2 Å². The molecule has 0 aliphatic carbocycles. The quantitative estimate of drug-likeness (QED) is 0.654. The van der Waals surface area contributed by atoms with Crippen LogP contribution in [-0.4, -0.2) is 69.6 Å². The van der Waals surface area contributed by atoms with Gasteiger partial charge in [-0.2, -0.15) is 4.31 Å². The van der Waals surface area contributed by atoms with E-state index in [0.29, 0.717) is 0 Å². The third kappa shape index (κ3) is 5.50. The Bertz CT molecular complexity index is 846. The summed E-state index contributed by atoms with van der Waals surface area (Å²) in [5, 5.41) is 4.13. The van der Waals surface area contributed by atoms with Crippen LogP contribution in [0.1, 0.15) is 24.2 Å². The van der Waals surface area contributed by atoms with Gasteiger partial charge in [-0.1, -0.05) is 6.07 Å². The number of amides is 3. The fraction of sp³-hybridized carbons (Fsp3) is 0.471. The van der Waals surface area contributed by atoms with E-state index < -0.39 is 34.5 Å². The van der Waals surface area contributed by atoms with Crippen LogP contribution in [0.2, 0.25) is 0 Å². The van der Waals surface area contributed by atoms with Crippen molar-refractivity contribution >= 4 is 27.9 Å². The third-order valence-electron chi connectivity index (χ3n) is 3.91. The largest absolute Gasteiger partial charge is 0.452 e. The first-order valence-corrected chi connectivity index (χ1v) is 10.0. The normalized spacial score (nSPS) is 20.2. The Morgan fingerprint density at radius 1 is 1.21 bits per heavy atom. The first-order valence-electron chi connectivity index (χ1n) is 8.58. The molecule has 1 heterocycles. The Morgan fingerprint density at radius 3 is 2.46 bits per heavy atom. The molecule has 1 aromatic rings. The number of sulfonamides is 1. The van der Waals surface area contributed by atoms with Crippen LogP contribution < -0.4 is 10.6 Å². The number of urea groups is 1. The van der Waals surface area contributed by atoms with E-state index in [1.54, 1.807) is 13.8 Å². The van der Waals surface area contributed by atoms with Gasteiger partial charge in [0.2, 0.25) is 10.0 Å². The number of carbonyl (C=O) groups is 3. The molecule has 0 bridgehead atoms. The molecule has 1 fully saturated rings. The van der Waals surface area contributed by atoms with Gasteiger partial charge in [-0.25, -0.2) is 18.0 Å². The van der Waals surface area contributed by atoms with E-state index in [0.717, 1.165) is 0 Å². The maximum atomic E-state index is 12.9. The second-order valence-electron chi connectivity index (χ2n) is 6.31. The highest BCUT2D eigenvalue weighted by molar-refractivity contribution is 7.89. The number of morpholine rings is 1. The Hall–Kier alpha value is -2.50. The summed E-state index contributed by atoms with van der Waals surface area (Å²) in [5.74, 6) is -1.69. The molecule has 0 spiro atoms.